The number of hydrogen-bond donors (Lipinski definition) is 3. The highest BCUT2D eigenvalue weighted by molar-refractivity contribution is 7.91. The largest absolute Gasteiger partial charge is 0.480 e. The molecule has 3 N–H and O–H groups in total. The number of rotatable bonds is 7. The zero-order chi connectivity index (χ0) is 13.6. The summed E-state index contributed by atoms with van der Waals surface area (Å²) in [5.74, 6) is -1.67. The summed E-state index contributed by atoms with van der Waals surface area (Å²) in [4.78, 5) is 21.3. The highest BCUT2D eigenvalue weighted by Crippen LogP contribution is 2.14. The number of carbonyl (C=O) groups excluding carboxylic acids is 1. The number of aliphatic carboxylic acids is 1. The topological polar surface area (TPSA) is 113 Å². The summed E-state index contributed by atoms with van der Waals surface area (Å²) in [5, 5.41) is 12.1. The first-order valence-electron chi connectivity index (χ1n) is 4.93. The third-order valence-corrected chi connectivity index (χ3v) is 4.70. The van der Waals surface area contributed by atoms with Crippen LogP contribution >= 0.6 is 11.3 Å². The zero-order valence-corrected chi connectivity index (χ0v) is 10.9. The molecule has 0 aliphatic rings. The Morgan fingerprint density at radius 3 is 2.67 bits per heavy atom. The molecule has 0 spiro atoms. The summed E-state index contributed by atoms with van der Waals surface area (Å²) in [5.41, 5.74) is 0. The van der Waals surface area contributed by atoms with Gasteiger partial charge in [0.25, 0.3) is 0 Å². The molecule has 18 heavy (non-hydrogen) atoms. The molecule has 0 radical (unpaired) electrons. The Morgan fingerprint density at radius 1 is 1.39 bits per heavy atom. The first-order chi connectivity index (χ1) is 8.42. The summed E-state index contributed by atoms with van der Waals surface area (Å²) >= 11 is 1.07. The van der Waals surface area contributed by atoms with Gasteiger partial charge in [-0.1, -0.05) is 6.07 Å². The van der Waals surface area contributed by atoms with E-state index < -0.39 is 28.4 Å². The van der Waals surface area contributed by atoms with Crippen LogP contribution in [0.1, 0.15) is 6.42 Å². The molecule has 1 heterocycles. The average molecular weight is 292 g/mol. The fraction of sp³-hybridized carbons (Fsp3) is 0.333. The van der Waals surface area contributed by atoms with Crippen molar-refractivity contribution in [3.63, 3.8) is 0 Å². The van der Waals surface area contributed by atoms with Crippen LogP contribution in [0.2, 0.25) is 0 Å². The molecule has 0 aliphatic heterocycles. The van der Waals surface area contributed by atoms with E-state index in [1.807, 2.05) is 0 Å². The van der Waals surface area contributed by atoms with Gasteiger partial charge in [-0.05, 0) is 11.4 Å². The van der Waals surface area contributed by atoms with Gasteiger partial charge < -0.3 is 10.4 Å². The van der Waals surface area contributed by atoms with E-state index in [0.29, 0.717) is 0 Å². The highest BCUT2D eigenvalue weighted by atomic mass is 32.2. The second kappa shape index (κ2) is 6.47. The molecule has 9 heteroatoms. The molecule has 1 aromatic rings. The minimum absolute atomic E-state index is 0.0777. The van der Waals surface area contributed by atoms with Gasteiger partial charge >= 0.3 is 5.97 Å². The van der Waals surface area contributed by atoms with Crippen LogP contribution in [0, 0.1) is 0 Å². The Kier molecular flexibility index (Phi) is 5.25. The number of amides is 1. The van der Waals surface area contributed by atoms with Crippen LogP contribution in [0.3, 0.4) is 0 Å². The number of sulfonamides is 1. The summed E-state index contributed by atoms with van der Waals surface area (Å²) in [7, 11) is -3.57. The van der Waals surface area contributed by atoms with Crippen molar-refractivity contribution < 1.29 is 23.1 Å². The number of carbonyl (C=O) groups is 2. The van der Waals surface area contributed by atoms with Crippen molar-refractivity contribution >= 4 is 33.2 Å². The SMILES string of the molecule is O=C(O)CNC(=O)CCNS(=O)(=O)c1cccs1. The lowest BCUT2D eigenvalue weighted by Gasteiger charge is -2.04. The van der Waals surface area contributed by atoms with Crippen molar-refractivity contribution in [2.45, 2.75) is 10.6 Å². The number of hydrogen-bond acceptors (Lipinski definition) is 5. The maximum absolute atomic E-state index is 11.6. The average Bonchev–Trinajstić information content (AvgIpc) is 2.80. The molecule has 0 atom stereocenters. The van der Waals surface area contributed by atoms with Crippen molar-refractivity contribution in [1.29, 1.82) is 0 Å². The molecule has 1 amide bonds. The lowest BCUT2D eigenvalue weighted by atomic mass is 10.4. The van der Waals surface area contributed by atoms with Crippen LogP contribution < -0.4 is 10.0 Å². The maximum atomic E-state index is 11.6. The third-order valence-electron chi connectivity index (χ3n) is 1.84. The number of carboxylic acid groups (broad SMARTS) is 1. The van der Waals surface area contributed by atoms with Gasteiger partial charge in [0.15, 0.2) is 0 Å². The van der Waals surface area contributed by atoms with Gasteiger partial charge in [-0.3, -0.25) is 9.59 Å². The summed E-state index contributed by atoms with van der Waals surface area (Å²) in [6.07, 6.45) is -0.113. The van der Waals surface area contributed by atoms with E-state index in [-0.39, 0.29) is 17.2 Å². The number of nitrogens with one attached hydrogen (secondary N) is 2. The van der Waals surface area contributed by atoms with Gasteiger partial charge in [-0.25, -0.2) is 13.1 Å². The quantitative estimate of drug-likeness (QED) is 0.634. The monoisotopic (exact) mass is 292 g/mol. The van der Waals surface area contributed by atoms with E-state index in [1.54, 1.807) is 11.4 Å². The van der Waals surface area contributed by atoms with E-state index in [1.165, 1.54) is 6.07 Å². The van der Waals surface area contributed by atoms with Gasteiger partial charge in [0, 0.05) is 13.0 Å². The normalized spacial score (nSPS) is 11.1. The van der Waals surface area contributed by atoms with Gasteiger partial charge in [-0.2, -0.15) is 0 Å². The molecule has 0 saturated heterocycles. The molecule has 7 nitrogen and oxygen atoms in total. The summed E-state index contributed by atoms with van der Waals surface area (Å²) in [6, 6.07) is 3.07. The minimum atomic E-state index is -3.57. The molecular formula is C9H12N2O5S2. The first kappa shape index (κ1) is 14.6. The Hall–Kier alpha value is -1.45. The summed E-state index contributed by atoms with van der Waals surface area (Å²) < 4.78 is 25.7. The molecule has 0 unspecified atom stereocenters. The first-order valence-corrected chi connectivity index (χ1v) is 7.30. The second-order valence-electron chi connectivity index (χ2n) is 3.25. The Balaban J connectivity index is 2.34. The van der Waals surface area contributed by atoms with Gasteiger partial charge in [0.05, 0.1) is 0 Å². The minimum Gasteiger partial charge on any atom is -0.480 e. The molecule has 100 valence electrons. The molecule has 0 aliphatic carbocycles. The molecule has 0 saturated carbocycles. The fourth-order valence-corrected chi connectivity index (χ4v) is 3.12. The number of thiophene rings is 1. The van der Waals surface area contributed by atoms with Gasteiger partial charge in [0.1, 0.15) is 10.8 Å². The zero-order valence-electron chi connectivity index (χ0n) is 9.25. The molecular weight excluding hydrogens is 280 g/mol. The molecule has 1 aromatic heterocycles. The maximum Gasteiger partial charge on any atom is 0.322 e. The van der Waals surface area contributed by atoms with Crippen molar-refractivity contribution in [2.75, 3.05) is 13.1 Å². The molecule has 0 bridgehead atoms. The summed E-state index contributed by atoms with van der Waals surface area (Å²) in [6.45, 7) is -0.553. The van der Waals surface area contributed by atoms with Crippen LogP contribution in [0.4, 0.5) is 0 Å². The second-order valence-corrected chi connectivity index (χ2v) is 6.19. The van der Waals surface area contributed by atoms with Gasteiger partial charge in [0.2, 0.25) is 15.9 Å². The predicted molar refractivity (Wildman–Crippen MR) is 64.8 cm³/mol. The van der Waals surface area contributed by atoms with Crippen molar-refractivity contribution in [3.05, 3.63) is 17.5 Å². The van der Waals surface area contributed by atoms with Crippen LogP contribution in [-0.2, 0) is 19.6 Å². The Bertz CT molecular complexity index is 509. The Labute approximate surface area is 108 Å². The van der Waals surface area contributed by atoms with Crippen LogP contribution in [0.5, 0.6) is 0 Å². The highest BCUT2D eigenvalue weighted by Gasteiger charge is 2.14. The van der Waals surface area contributed by atoms with Crippen molar-refractivity contribution in [1.82, 2.24) is 10.0 Å². The molecule has 0 fully saturated rings. The van der Waals surface area contributed by atoms with E-state index in [4.69, 9.17) is 5.11 Å². The lowest BCUT2D eigenvalue weighted by Crippen LogP contribution is -2.33. The van der Waals surface area contributed by atoms with E-state index in [0.717, 1.165) is 11.3 Å². The van der Waals surface area contributed by atoms with Crippen molar-refractivity contribution in [2.24, 2.45) is 0 Å². The van der Waals surface area contributed by atoms with Crippen LogP contribution in [0.15, 0.2) is 21.7 Å². The fourth-order valence-electron chi connectivity index (χ4n) is 1.05. The van der Waals surface area contributed by atoms with Gasteiger partial charge in [-0.15, -0.1) is 11.3 Å². The standard InChI is InChI=1S/C9H12N2O5S2/c12-7(10-6-8(13)14)3-4-11-18(15,16)9-2-1-5-17-9/h1-2,5,11H,3-4,6H2,(H,10,12)(H,13,14). The Morgan fingerprint density at radius 2 is 2.11 bits per heavy atom. The van der Waals surface area contributed by atoms with E-state index in [9.17, 15) is 18.0 Å². The smallest absolute Gasteiger partial charge is 0.322 e. The molecule has 1 rings (SSSR count). The van der Waals surface area contributed by atoms with E-state index >= 15 is 0 Å². The van der Waals surface area contributed by atoms with Crippen LogP contribution in [-0.4, -0.2) is 38.5 Å². The predicted octanol–water partition coefficient (Wildman–Crippen LogP) is -0.383. The number of carboxylic acids is 1. The van der Waals surface area contributed by atoms with E-state index in [2.05, 4.69) is 10.0 Å². The van der Waals surface area contributed by atoms with Crippen molar-refractivity contribution in [3.8, 4) is 0 Å². The lowest BCUT2D eigenvalue weighted by molar-refractivity contribution is -0.137. The third kappa shape index (κ3) is 4.82. The van der Waals surface area contributed by atoms with Crippen LogP contribution in [0.25, 0.3) is 0 Å². The molecule has 0 aromatic carbocycles.